The Kier molecular flexibility index (Phi) is 2.93. The molecule has 0 heterocycles. The van der Waals surface area contributed by atoms with Crippen molar-refractivity contribution in [3.05, 3.63) is 23.3 Å². The van der Waals surface area contributed by atoms with Crippen LogP contribution >= 0.6 is 0 Å². The minimum absolute atomic E-state index is 0.0358. The standard InChI is InChI=1S/C22H30O2/c1-19(2)14-9-12-22(19,6)18(24)13(14)7-8-16-17(23)15-10-11-21(16,5)20(15,3)4/h7-8,14-15H,9-12H2,1-6H3/b13-7-,16-8-/t14-,15+,21+,22+/m1/s1. The van der Waals surface area contributed by atoms with Gasteiger partial charge in [-0.05, 0) is 48.0 Å². The molecule has 4 aliphatic rings. The second-order valence-corrected chi connectivity index (χ2v) is 10.2. The summed E-state index contributed by atoms with van der Waals surface area (Å²) >= 11 is 0. The maximum absolute atomic E-state index is 13.0. The number of fused-ring (bicyclic) bond motifs is 4. The summed E-state index contributed by atoms with van der Waals surface area (Å²) in [5.74, 6) is 1.16. The van der Waals surface area contributed by atoms with E-state index >= 15 is 0 Å². The molecule has 4 rings (SSSR count). The molecule has 0 amide bonds. The molecule has 0 spiro atoms. The van der Waals surface area contributed by atoms with Gasteiger partial charge in [0.2, 0.25) is 0 Å². The van der Waals surface area contributed by atoms with Crippen LogP contribution in [0, 0.1) is 33.5 Å². The Hall–Kier alpha value is -1.18. The normalized spacial score (nSPS) is 48.2. The first kappa shape index (κ1) is 16.3. The first-order valence-electron chi connectivity index (χ1n) is 9.50. The molecule has 0 aromatic rings. The van der Waals surface area contributed by atoms with E-state index in [2.05, 4.69) is 41.5 Å². The lowest BCUT2D eigenvalue weighted by Gasteiger charge is -2.34. The van der Waals surface area contributed by atoms with Crippen LogP contribution in [-0.4, -0.2) is 11.6 Å². The molecule has 4 atom stereocenters. The van der Waals surface area contributed by atoms with Crippen LogP contribution in [0.5, 0.6) is 0 Å². The minimum Gasteiger partial charge on any atom is -0.294 e. The van der Waals surface area contributed by atoms with Gasteiger partial charge in [-0.2, -0.15) is 0 Å². The molecule has 0 unspecified atom stereocenters. The van der Waals surface area contributed by atoms with Crippen LogP contribution < -0.4 is 0 Å². The Labute approximate surface area is 145 Å². The minimum atomic E-state index is -0.218. The van der Waals surface area contributed by atoms with Crippen LogP contribution in [0.3, 0.4) is 0 Å². The molecular formula is C22H30O2. The molecule has 4 saturated carbocycles. The average molecular weight is 326 g/mol. The third-order valence-electron chi connectivity index (χ3n) is 9.20. The van der Waals surface area contributed by atoms with Crippen LogP contribution in [0.2, 0.25) is 0 Å². The van der Waals surface area contributed by atoms with Crippen molar-refractivity contribution in [3.8, 4) is 0 Å². The molecule has 4 bridgehead atoms. The van der Waals surface area contributed by atoms with Crippen molar-refractivity contribution in [2.45, 2.75) is 67.2 Å². The van der Waals surface area contributed by atoms with Gasteiger partial charge in [-0.15, -0.1) is 0 Å². The first-order valence-corrected chi connectivity index (χ1v) is 9.50. The first-order chi connectivity index (χ1) is 11.0. The van der Waals surface area contributed by atoms with Gasteiger partial charge in [0, 0.05) is 22.3 Å². The zero-order valence-corrected chi connectivity index (χ0v) is 16.0. The van der Waals surface area contributed by atoms with E-state index in [1.54, 1.807) is 0 Å². The van der Waals surface area contributed by atoms with Crippen molar-refractivity contribution in [2.24, 2.45) is 33.5 Å². The molecule has 4 fully saturated rings. The van der Waals surface area contributed by atoms with E-state index in [4.69, 9.17) is 0 Å². The molecule has 0 saturated heterocycles. The Morgan fingerprint density at radius 1 is 0.792 bits per heavy atom. The fraction of sp³-hybridized carbons (Fsp3) is 0.727. The molecule has 130 valence electrons. The predicted octanol–water partition coefficient (Wildman–Crippen LogP) is 4.89. The van der Waals surface area contributed by atoms with Gasteiger partial charge in [0.1, 0.15) is 0 Å². The number of hydrogen-bond donors (Lipinski definition) is 0. The smallest absolute Gasteiger partial charge is 0.165 e. The Balaban J connectivity index is 1.76. The van der Waals surface area contributed by atoms with Gasteiger partial charge < -0.3 is 0 Å². The Bertz CT molecular complexity index is 720. The lowest BCUT2D eigenvalue weighted by Crippen LogP contribution is -2.32. The van der Waals surface area contributed by atoms with Gasteiger partial charge in [0.25, 0.3) is 0 Å². The Morgan fingerprint density at radius 3 is 1.83 bits per heavy atom. The molecule has 2 nitrogen and oxygen atoms in total. The second-order valence-electron chi connectivity index (χ2n) is 10.2. The van der Waals surface area contributed by atoms with Crippen LogP contribution in [0.25, 0.3) is 0 Å². The van der Waals surface area contributed by atoms with Gasteiger partial charge >= 0.3 is 0 Å². The van der Waals surface area contributed by atoms with Crippen LogP contribution in [0.4, 0.5) is 0 Å². The summed E-state index contributed by atoms with van der Waals surface area (Å²) in [5.41, 5.74) is 1.76. The molecular weight excluding hydrogens is 296 g/mol. The highest BCUT2D eigenvalue weighted by molar-refractivity contribution is 6.06. The summed E-state index contributed by atoms with van der Waals surface area (Å²) in [4.78, 5) is 25.8. The SMILES string of the molecule is CC1(C)[C@@H]2CC[C@@]1(C)C(=O)/C2=C\C=C1\C(=O)[C@@H]2CC[C@]1(C)C2(C)C. The quantitative estimate of drug-likeness (QED) is 0.643. The lowest BCUT2D eigenvalue weighted by atomic mass is 9.69. The fourth-order valence-electron chi connectivity index (χ4n) is 6.46. The summed E-state index contributed by atoms with van der Waals surface area (Å²) < 4.78 is 0. The number of carbonyl (C=O) groups excluding carboxylic acids is 2. The van der Waals surface area contributed by atoms with Crippen LogP contribution in [0.15, 0.2) is 23.3 Å². The fourth-order valence-corrected chi connectivity index (χ4v) is 6.46. The predicted molar refractivity (Wildman–Crippen MR) is 95.4 cm³/mol. The summed E-state index contributed by atoms with van der Waals surface area (Å²) in [6, 6.07) is 0. The van der Waals surface area contributed by atoms with Crippen molar-refractivity contribution in [1.82, 2.24) is 0 Å². The summed E-state index contributed by atoms with van der Waals surface area (Å²) in [6.45, 7) is 13.3. The second kappa shape index (κ2) is 4.31. The molecule has 0 N–H and O–H groups in total. The van der Waals surface area contributed by atoms with Crippen molar-refractivity contribution >= 4 is 11.6 Å². The monoisotopic (exact) mass is 326 g/mol. The van der Waals surface area contributed by atoms with Gasteiger partial charge in [0.05, 0.1) is 0 Å². The number of allylic oxidation sites excluding steroid dienone is 4. The van der Waals surface area contributed by atoms with Crippen molar-refractivity contribution < 1.29 is 9.59 Å². The molecule has 24 heavy (non-hydrogen) atoms. The maximum atomic E-state index is 13.0. The Morgan fingerprint density at radius 2 is 1.33 bits per heavy atom. The summed E-state index contributed by atoms with van der Waals surface area (Å²) in [5, 5.41) is 0. The van der Waals surface area contributed by atoms with Crippen molar-refractivity contribution in [3.63, 3.8) is 0 Å². The summed E-state index contributed by atoms with van der Waals surface area (Å²) in [6.07, 6.45) is 8.26. The van der Waals surface area contributed by atoms with E-state index in [9.17, 15) is 9.59 Å². The topological polar surface area (TPSA) is 34.1 Å². The largest absolute Gasteiger partial charge is 0.294 e. The third kappa shape index (κ3) is 1.50. The van der Waals surface area contributed by atoms with Crippen LogP contribution in [0.1, 0.15) is 67.2 Å². The average Bonchev–Trinajstić information content (AvgIpc) is 2.96. The van der Waals surface area contributed by atoms with E-state index in [0.717, 1.165) is 36.8 Å². The van der Waals surface area contributed by atoms with E-state index in [1.165, 1.54) is 0 Å². The maximum Gasteiger partial charge on any atom is 0.165 e. The molecule has 4 aliphatic carbocycles. The highest BCUT2D eigenvalue weighted by Gasteiger charge is 2.65. The molecule has 2 heteroatoms. The highest BCUT2D eigenvalue weighted by atomic mass is 16.1. The summed E-state index contributed by atoms with van der Waals surface area (Å²) in [7, 11) is 0. The number of hydrogen-bond acceptors (Lipinski definition) is 2. The van der Waals surface area contributed by atoms with Gasteiger partial charge in [-0.3, -0.25) is 9.59 Å². The van der Waals surface area contributed by atoms with E-state index in [0.29, 0.717) is 17.5 Å². The number of Topliss-reactive ketones (excluding diaryl/α,β-unsaturated/α-hetero) is 2. The van der Waals surface area contributed by atoms with Gasteiger partial charge in [0.15, 0.2) is 11.6 Å². The van der Waals surface area contributed by atoms with E-state index in [1.807, 2.05) is 12.2 Å². The molecule has 0 aromatic carbocycles. The number of rotatable bonds is 1. The number of ketones is 2. The van der Waals surface area contributed by atoms with Gasteiger partial charge in [-0.1, -0.05) is 53.7 Å². The van der Waals surface area contributed by atoms with Gasteiger partial charge in [-0.25, -0.2) is 0 Å². The van der Waals surface area contributed by atoms with Crippen molar-refractivity contribution in [1.29, 1.82) is 0 Å². The van der Waals surface area contributed by atoms with Crippen molar-refractivity contribution in [2.75, 3.05) is 0 Å². The third-order valence-corrected chi connectivity index (χ3v) is 9.20. The number of carbonyl (C=O) groups is 2. The zero-order chi connectivity index (χ0) is 17.7. The molecule has 0 aliphatic heterocycles. The van der Waals surface area contributed by atoms with E-state index in [-0.39, 0.29) is 27.6 Å². The zero-order valence-electron chi connectivity index (χ0n) is 16.0. The van der Waals surface area contributed by atoms with E-state index < -0.39 is 0 Å². The highest BCUT2D eigenvalue weighted by Crippen LogP contribution is 2.67. The van der Waals surface area contributed by atoms with Crippen LogP contribution in [-0.2, 0) is 9.59 Å². The lowest BCUT2D eigenvalue weighted by molar-refractivity contribution is -0.125. The molecule has 0 aromatic heterocycles. The molecule has 0 radical (unpaired) electrons.